The van der Waals surface area contributed by atoms with Crippen LogP contribution in [0, 0.1) is 10.1 Å². The fourth-order valence-electron chi connectivity index (χ4n) is 2.48. The SMILES string of the molecule is COc1cc(/C=C/C(=O)OCC(=O)Nc2ccc(C(F)(F)F)cc2[N+](=O)[O-])ccc1OC(F)F. The molecule has 0 radical (unpaired) electrons. The third kappa shape index (κ3) is 7.43. The molecule has 0 saturated carbocycles. The first-order chi connectivity index (χ1) is 15.9. The second-order valence-electron chi connectivity index (χ2n) is 6.26. The molecule has 0 aliphatic carbocycles. The molecule has 0 saturated heterocycles. The molecule has 1 N–H and O–H groups in total. The molecule has 34 heavy (non-hydrogen) atoms. The minimum absolute atomic E-state index is 0.0340. The summed E-state index contributed by atoms with van der Waals surface area (Å²) in [6, 6.07) is 5.31. The quantitative estimate of drug-likeness (QED) is 0.182. The van der Waals surface area contributed by atoms with Gasteiger partial charge in [0.2, 0.25) is 0 Å². The molecule has 0 aromatic heterocycles. The minimum atomic E-state index is -4.82. The number of nitro groups is 1. The summed E-state index contributed by atoms with van der Waals surface area (Å²) in [7, 11) is 1.22. The molecule has 2 aromatic carbocycles. The molecule has 1 amide bonds. The summed E-state index contributed by atoms with van der Waals surface area (Å²) < 4.78 is 76.7. The van der Waals surface area contributed by atoms with E-state index in [2.05, 4.69) is 9.47 Å². The van der Waals surface area contributed by atoms with Gasteiger partial charge in [-0.25, -0.2) is 4.79 Å². The zero-order valence-corrected chi connectivity index (χ0v) is 17.1. The van der Waals surface area contributed by atoms with E-state index in [4.69, 9.17) is 4.74 Å². The average molecular weight is 490 g/mol. The number of benzene rings is 2. The summed E-state index contributed by atoms with van der Waals surface area (Å²) in [5.41, 5.74) is -2.46. The molecule has 0 bridgehead atoms. The number of anilines is 1. The van der Waals surface area contributed by atoms with Gasteiger partial charge in [0.1, 0.15) is 5.69 Å². The van der Waals surface area contributed by atoms with Crippen LogP contribution in [-0.4, -0.2) is 37.1 Å². The smallest absolute Gasteiger partial charge is 0.416 e. The van der Waals surface area contributed by atoms with Crippen LogP contribution in [0.4, 0.5) is 33.3 Å². The average Bonchev–Trinajstić information content (AvgIpc) is 2.75. The second-order valence-corrected chi connectivity index (χ2v) is 6.26. The highest BCUT2D eigenvalue weighted by Gasteiger charge is 2.33. The molecule has 182 valence electrons. The third-order valence-electron chi connectivity index (χ3n) is 3.96. The lowest BCUT2D eigenvalue weighted by molar-refractivity contribution is -0.384. The van der Waals surface area contributed by atoms with Crippen LogP contribution in [0.15, 0.2) is 42.5 Å². The number of amides is 1. The number of nitrogens with zero attached hydrogens (tertiary/aromatic N) is 1. The van der Waals surface area contributed by atoms with Crippen LogP contribution in [0.25, 0.3) is 6.08 Å². The minimum Gasteiger partial charge on any atom is -0.493 e. The summed E-state index contributed by atoms with van der Waals surface area (Å²) in [6.07, 6.45) is -2.71. The lowest BCUT2D eigenvalue weighted by Crippen LogP contribution is -2.21. The van der Waals surface area contributed by atoms with Gasteiger partial charge in [0.05, 0.1) is 17.6 Å². The number of carbonyl (C=O) groups is 2. The van der Waals surface area contributed by atoms with E-state index >= 15 is 0 Å². The molecule has 9 nitrogen and oxygen atoms in total. The molecule has 2 aromatic rings. The Hall–Kier alpha value is -4.23. The summed E-state index contributed by atoms with van der Waals surface area (Å²) in [4.78, 5) is 33.6. The Balaban J connectivity index is 1.99. The van der Waals surface area contributed by atoms with Gasteiger partial charge in [-0.3, -0.25) is 14.9 Å². The standard InChI is InChI=1S/C20H15F5N2O7/c1-32-16-8-11(2-6-15(16)34-19(21)22)3-7-18(29)33-10-17(28)26-13-5-4-12(20(23,24)25)9-14(13)27(30)31/h2-9,19H,10H2,1H3,(H,26,28)/b7-3+. The first kappa shape index (κ1) is 26.0. The molecule has 0 aliphatic rings. The third-order valence-corrected chi connectivity index (χ3v) is 3.96. The van der Waals surface area contributed by atoms with Gasteiger partial charge in [-0.1, -0.05) is 6.07 Å². The van der Waals surface area contributed by atoms with E-state index in [1.165, 1.54) is 31.4 Å². The molecule has 0 aliphatic heterocycles. The zero-order valence-electron chi connectivity index (χ0n) is 17.1. The van der Waals surface area contributed by atoms with Gasteiger partial charge in [-0.2, -0.15) is 22.0 Å². The molecular weight excluding hydrogens is 475 g/mol. The van der Waals surface area contributed by atoms with Crippen molar-refractivity contribution in [2.75, 3.05) is 19.0 Å². The monoisotopic (exact) mass is 490 g/mol. The highest BCUT2D eigenvalue weighted by molar-refractivity contribution is 5.96. The number of hydrogen-bond donors (Lipinski definition) is 1. The fraction of sp³-hybridized carbons (Fsp3) is 0.200. The number of ether oxygens (including phenoxy) is 3. The number of carbonyl (C=O) groups excluding carboxylic acids is 2. The van der Waals surface area contributed by atoms with Crippen molar-refractivity contribution in [3.05, 3.63) is 63.7 Å². The van der Waals surface area contributed by atoms with Gasteiger partial charge in [-0.05, 0) is 35.9 Å². The van der Waals surface area contributed by atoms with Gasteiger partial charge in [0.15, 0.2) is 18.1 Å². The molecule has 0 heterocycles. The Kier molecular flexibility index (Phi) is 8.47. The van der Waals surface area contributed by atoms with Crippen molar-refractivity contribution in [3.63, 3.8) is 0 Å². The second kappa shape index (κ2) is 11.1. The van der Waals surface area contributed by atoms with Crippen LogP contribution in [0.2, 0.25) is 0 Å². The summed E-state index contributed by atoms with van der Waals surface area (Å²) in [5, 5.41) is 13.0. The highest BCUT2D eigenvalue weighted by atomic mass is 19.4. The van der Waals surface area contributed by atoms with Crippen LogP contribution in [0.3, 0.4) is 0 Å². The van der Waals surface area contributed by atoms with Gasteiger partial charge in [-0.15, -0.1) is 0 Å². The lowest BCUT2D eigenvalue weighted by Gasteiger charge is -2.10. The van der Waals surface area contributed by atoms with Gasteiger partial charge in [0.25, 0.3) is 11.6 Å². The Morgan fingerprint density at radius 3 is 2.44 bits per heavy atom. The fourth-order valence-corrected chi connectivity index (χ4v) is 2.48. The molecule has 14 heteroatoms. The van der Waals surface area contributed by atoms with E-state index < -0.39 is 53.1 Å². The summed E-state index contributed by atoms with van der Waals surface area (Å²) in [6.45, 7) is -3.97. The molecule has 0 atom stereocenters. The van der Waals surface area contributed by atoms with Crippen molar-refractivity contribution < 1.29 is 50.7 Å². The van der Waals surface area contributed by atoms with E-state index in [0.717, 1.165) is 6.08 Å². The summed E-state index contributed by atoms with van der Waals surface area (Å²) in [5.74, 6) is -2.32. The van der Waals surface area contributed by atoms with Crippen molar-refractivity contribution in [1.82, 2.24) is 0 Å². The highest BCUT2D eigenvalue weighted by Crippen LogP contribution is 2.35. The Morgan fingerprint density at radius 2 is 1.85 bits per heavy atom. The van der Waals surface area contributed by atoms with E-state index in [0.29, 0.717) is 17.7 Å². The van der Waals surface area contributed by atoms with E-state index in [9.17, 15) is 41.7 Å². The zero-order chi connectivity index (χ0) is 25.5. The number of rotatable bonds is 9. The summed E-state index contributed by atoms with van der Waals surface area (Å²) >= 11 is 0. The van der Waals surface area contributed by atoms with Crippen LogP contribution in [0.5, 0.6) is 11.5 Å². The Labute approximate surface area is 187 Å². The largest absolute Gasteiger partial charge is 0.493 e. The number of methoxy groups -OCH3 is 1. The van der Waals surface area contributed by atoms with Crippen LogP contribution < -0.4 is 14.8 Å². The van der Waals surface area contributed by atoms with Gasteiger partial charge in [0, 0.05) is 12.1 Å². The van der Waals surface area contributed by atoms with E-state index in [1.807, 2.05) is 5.32 Å². The molecule has 0 unspecified atom stereocenters. The number of alkyl halides is 5. The van der Waals surface area contributed by atoms with E-state index in [1.54, 1.807) is 0 Å². The van der Waals surface area contributed by atoms with Crippen molar-refractivity contribution in [2.45, 2.75) is 12.8 Å². The van der Waals surface area contributed by atoms with Crippen LogP contribution in [-0.2, 0) is 20.5 Å². The number of esters is 1. The maximum atomic E-state index is 12.7. The number of nitrogens with one attached hydrogen (secondary N) is 1. The Bertz CT molecular complexity index is 1100. The number of hydrogen-bond acceptors (Lipinski definition) is 7. The van der Waals surface area contributed by atoms with Crippen LogP contribution in [0.1, 0.15) is 11.1 Å². The number of nitro benzene ring substituents is 1. The van der Waals surface area contributed by atoms with Crippen molar-refractivity contribution in [1.29, 1.82) is 0 Å². The molecule has 2 rings (SSSR count). The molecular formula is C20H15F5N2O7. The first-order valence-corrected chi connectivity index (χ1v) is 9.04. The lowest BCUT2D eigenvalue weighted by atomic mass is 10.1. The molecule has 0 spiro atoms. The van der Waals surface area contributed by atoms with E-state index in [-0.39, 0.29) is 17.6 Å². The van der Waals surface area contributed by atoms with Crippen molar-refractivity contribution in [2.24, 2.45) is 0 Å². The predicted molar refractivity (Wildman–Crippen MR) is 106 cm³/mol. The predicted octanol–water partition coefficient (Wildman–Crippen LogP) is 4.42. The topological polar surface area (TPSA) is 117 Å². The van der Waals surface area contributed by atoms with Crippen molar-refractivity contribution in [3.8, 4) is 11.5 Å². The first-order valence-electron chi connectivity index (χ1n) is 9.04. The molecule has 0 fully saturated rings. The van der Waals surface area contributed by atoms with Crippen LogP contribution >= 0.6 is 0 Å². The van der Waals surface area contributed by atoms with Gasteiger partial charge >= 0.3 is 18.8 Å². The van der Waals surface area contributed by atoms with Crippen molar-refractivity contribution >= 4 is 29.3 Å². The Morgan fingerprint density at radius 1 is 1.15 bits per heavy atom. The number of halogens is 5. The van der Waals surface area contributed by atoms with Gasteiger partial charge < -0.3 is 19.5 Å². The maximum Gasteiger partial charge on any atom is 0.416 e. The maximum absolute atomic E-state index is 12.7. The normalized spacial score (nSPS) is 11.4.